The van der Waals surface area contributed by atoms with Gasteiger partial charge in [-0.1, -0.05) is 34.1 Å². The first kappa shape index (κ1) is 11.1. The van der Waals surface area contributed by atoms with Crippen LogP contribution in [0.3, 0.4) is 0 Å². The van der Waals surface area contributed by atoms with Crippen molar-refractivity contribution in [1.82, 2.24) is 4.98 Å². The van der Waals surface area contributed by atoms with E-state index in [1.54, 1.807) is 6.07 Å². The second kappa shape index (κ2) is 5.07. The Balaban J connectivity index is 2.02. The molecule has 0 aliphatic rings. The lowest BCUT2D eigenvalue weighted by molar-refractivity contribution is 0.584. The molecule has 0 amide bonds. The van der Waals surface area contributed by atoms with E-state index in [2.05, 4.69) is 26.2 Å². The normalized spacial score (nSPS) is 10.1. The molecule has 0 saturated heterocycles. The van der Waals surface area contributed by atoms with E-state index in [1.807, 2.05) is 24.3 Å². The molecule has 16 heavy (non-hydrogen) atoms. The fourth-order valence-electron chi connectivity index (χ4n) is 1.32. The van der Waals surface area contributed by atoms with Crippen molar-refractivity contribution in [2.75, 3.05) is 5.32 Å². The van der Waals surface area contributed by atoms with Gasteiger partial charge in [0.15, 0.2) is 0 Å². The van der Waals surface area contributed by atoms with Gasteiger partial charge in [0.2, 0.25) is 5.95 Å². The molecule has 0 bridgehead atoms. The van der Waals surface area contributed by atoms with Gasteiger partial charge in [-0.2, -0.15) is 4.39 Å². The molecule has 0 aliphatic heterocycles. The molecule has 1 N–H and O–H groups in total. The first-order valence-corrected chi connectivity index (χ1v) is 5.64. The van der Waals surface area contributed by atoms with Crippen LogP contribution < -0.4 is 5.32 Å². The Morgan fingerprint density at radius 1 is 1.19 bits per heavy atom. The SMILES string of the molecule is Fc1ccc(NCc2ccccc2Br)cn1. The summed E-state index contributed by atoms with van der Waals surface area (Å²) >= 11 is 3.47. The summed E-state index contributed by atoms with van der Waals surface area (Å²) in [7, 11) is 0. The third kappa shape index (κ3) is 2.79. The van der Waals surface area contributed by atoms with E-state index in [0.717, 1.165) is 15.7 Å². The lowest BCUT2D eigenvalue weighted by Crippen LogP contribution is -2.00. The molecule has 0 unspecified atom stereocenters. The van der Waals surface area contributed by atoms with E-state index < -0.39 is 5.95 Å². The molecule has 2 rings (SSSR count). The van der Waals surface area contributed by atoms with Crippen molar-refractivity contribution in [3.8, 4) is 0 Å². The van der Waals surface area contributed by atoms with E-state index in [0.29, 0.717) is 6.54 Å². The molecule has 1 aromatic heterocycles. The van der Waals surface area contributed by atoms with Crippen molar-refractivity contribution >= 4 is 21.6 Å². The first-order valence-electron chi connectivity index (χ1n) is 4.84. The molecule has 0 atom stereocenters. The molecule has 2 aromatic rings. The van der Waals surface area contributed by atoms with Crippen molar-refractivity contribution < 1.29 is 4.39 Å². The minimum Gasteiger partial charge on any atom is -0.380 e. The zero-order chi connectivity index (χ0) is 11.4. The fourth-order valence-corrected chi connectivity index (χ4v) is 1.74. The number of hydrogen-bond donors (Lipinski definition) is 1. The fraction of sp³-hybridized carbons (Fsp3) is 0.0833. The van der Waals surface area contributed by atoms with Crippen molar-refractivity contribution in [3.63, 3.8) is 0 Å². The standard InChI is InChI=1S/C12H10BrFN2/c13-11-4-2-1-3-9(11)7-15-10-5-6-12(14)16-8-10/h1-6,8,15H,7H2. The molecule has 0 radical (unpaired) electrons. The summed E-state index contributed by atoms with van der Waals surface area (Å²) in [4.78, 5) is 3.57. The summed E-state index contributed by atoms with van der Waals surface area (Å²) in [6.45, 7) is 0.675. The highest BCUT2D eigenvalue weighted by molar-refractivity contribution is 9.10. The number of halogens is 2. The van der Waals surface area contributed by atoms with Crippen LogP contribution in [0.1, 0.15) is 5.56 Å². The van der Waals surface area contributed by atoms with Gasteiger partial charge in [-0.15, -0.1) is 0 Å². The third-order valence-electron chi connectivity index (χ3n) is 2.17. The minimum atomic E-state index is -0.466. The summed E-state index contributed by atoms with van der Waals surface area (Å²) in [6.07, 6.45) is 1.48. The van der Waals surface area contributed by atoms with Crippen molar-refractivity contribution in [1.29, 1.82) is 0 Å². The van der Waals surface area contributed by atoms with Crippen LogP contribution in [-0.4, -0.2) is 4.98 Å². The number of anilines is 1. The van der Waals surface area contributed by atoms with E-state index in [1.165, 1.54) is 12.3 Å². The Morgan fingerprint density at radius 3 is 2.69 bits per heavy atom. The van der Waals surface area contributed by atoms with Crippen molar-refractivity contribution in [2.45, 2.75) is 6.54 Å². The minimum absolute atomic E-state index is 0.466. The Kier molecular flexibility index (Phi) is 3.51. The quantitative estimate of drug-likeness (QED) is 0.869. The Bertz CT molecular complexity index is 471. The topological polar surface area (TPSA) is 24.9 Å². The summed E-state index contributed by atoms with van der Waals surface area (Å²) in [5, 5.41) is 3.17. The van der Waals surface area contributed by atoms with Crippen LogP contribution in [0, 0.1) is 5.95 Å². The molecule has 2 nitrogen and oxygen atoms in total. The van der Waals surface area contributed by atoms with Gasteiger partial charge in [0, 0.05) is 11.0 Å². The van der Waals surface area contributed by atoms with Crippen LogP contribution >= 0.6 is 15.9 Å². The first-order chi connectivity index (χ1) is 7.75. The Hall–Kier alpha value is -1.42. The maximum Gasteiger partial charge on any atom is 0.212 e. The number of nitrogens with zero attached hydrogens (tertiary/aromatic N) is 1. The highest BCUT2D eigenvalue weighted by atomic mass is 79.9. The predicted molar refractivity (Wildman–Crippen MR) is 65.7 cm³/mol. The van der Waals surface area contributed by atoms with Crippen LogP contribution in [0.4, 0.5) is 10.1 Å². The number of hydrogen-bond acceptors (Lipinski definition) is 2. The summed E-state index contributed by atoms with van der Waals surface area (Å²) in [5.41, 5.74) is 1.95. The maximum atomic E-state index is 12.6. The molecular formula is C12H10BrFN2. The van der Waals surface area contributed by atoms with E-state index in [4.69, 9.17) is 0 Å². The highest BCUT2D eigenvalue weighted by Crippen LogP contribution is 2.17. The van der Waals surface area contributed by atoms with E-state index in [9.17, 15) is 4.39 Å². The van der Waals surface area contributed by atoms with Crippen LogP contribution in [0.25, 0.3) is 0 Å². The van der Waals surface area contributed by atoms with Gasteiger partial charge < -0.3 is 5.32 Å². The smallest absolute Gasteiger partial charge is 0.212 e. The monoisotopic (exact) mass is 280 g/mol. The molecule has 0 saturated carbocycles. The maximum absolute atomic E-state index is 12.6. The predicted octanol–water partition coefficient (Wildman–Crippen LogP) is 3.60. The average molecular weight is 281 g/mol. The largest absolute Gasteiger partial charge is 0.380 e. The van der Waals surface area contributed by atoms with Gasteiger partial charge in [-0.3, -0.25) is 0 Å². The van der Waals surface area contributed by atoms with E-state index in [-0.39, 0.29) is 0 Å². The second-order valence-corrected chi connectivity index (χ2v) is 4.17. The summed E-state index contributed by atoms with van der Waals surface area (Å²) < 4.78 is 13.6. The van der Waals surface area contributed by atoms with Crippen LogP contribution in [0.15, 0.2) is 47.1 Å². The van der Waals surface area contributed by atoms with Gasteiger partial charge in [-0.25, -0.2) is 4.98 Å². The lowest BCUT2D eigenvalue weighted by Gasteiger charge is -2.07. The zero-order valence-corrected chi connectivity index (χ0v) is 10.0. The van der Waals surface area contributed by atoms with Crippen molar-refractivity contribution in [3.05, 3.63) is 58.6 Å². The van der Waals surface area contributed by atoms with Gasteiger partial charge in [0.25, 0.3) is 0 Å². The zero-order valence-electron chi connectivity index (χ0n) is 8.45. The molecule has 0 spiro atoms. The lowest BCUT2D eigenvalue weighted by atomic mass is 10.2. The molecule has 0 fully saturated rings. The average Bonchev–Trinajstić information content (AvgIpc) is 2.30. The Labute approximate surface area is 102 Å². The van der Waals surface area contributed by atoms with Crippen LogP contribution in [0.5, 0.6) is 0 Å². The van der Waals surface area contributed by atoms with E-state index >= 15 is 0 Å². The van der Waals surface area contributed by atoms with Gasteiger partial charge in [-0.05, 0) is 23.8 Å². The molecular weight excluding hydrogens is 271 g/mol. The highest BCUT2D eigenvalue weighted by Gasteiger charge is 1.98. The summed E-state index contributed by atoms with van der Waals surface area (Å²) in [5.74, 6) is -0.466. The number of pyridine rings is 1. The molecule has 82 valence electrons. The van der Waals surface area contributed by atoms with Crippen LogP contribution in [0.2, 0.25) is 0 Å². The van der Waals surface area contributed by atoms with Crippen molar-refractivity contribution in [2.24, 2.45) is 0 Å². The van der Waals surface area contributed by atoms with Gasteiger partial charge in [0.1, 0.15) is 0 Å². The van der Waals surface area contributed by atoms with Crippen LogP contribution in [-0.2, 0) is 6.54 Å². The molecule has 4 heteroatoms. The Morgan fingerprint density at radius 2 is 2.00 bits per heavy atom. The van der Waals surface area contributed by atoms with Gasteiger partial charge >= 0.3 is 0 Å². The number of nitrogens with one attached hydrogen (secondary N) is 1. The third-order valence-corrected chi connectivity index (χ3v) is 2.94. The number of aromatic nitrogens is 1. The molecule has 0 aliphatic carbocycles. The molecule has 1 aromatic carbocycles. The molecule has 1 heterocycles. The second-order valence-electron chi connectivity index (χ2n) is 3.31. The number of benzene rings is 1. The summed E-state index contributed by atoms with van der Waals surface area (Å²) in [6, 6.07) is 11.0. The number of rotatable bonds is 3. The van der Waals surface area contributed by atoms with Gasteiger partial charge in [0.05, 0.1) is 11.9 Å².